The Morgan fingerprint density at radius 2 is 1.65 bits per heavy atom. The Morgan fingerprint density at radius 3 is 2.35 bits per heavy atom. The zero-order chi connectivity index (χ0) is 26.0. The third-order valence-electron chi connectivity index (χ3n) is 6.79. The zero-order valence-corrected chi connectivity index (χ0v) is 22.1. The summed E-state index contributed by atoms with van der Waals surface area (Å²) in [6.07, 6.45) is 0. The molecule has 192 valence electrons. The highest BCUT2D eigenvalue weighted by atomic mass is 32.2. The summed E-state index contributed by atoms with van der Waals surface area (Å²) in [6.45, 7) is 6.13. The number of nitrogens with one attached hydrogen (secondary N) is 1. The van der Waals surface area contributed by atoms with Crippen molar-refractivity contribution >= 4 is 32.4 Å². The summed E-state index contributed by atoms with van der Waals surface area (Å²) in [4.78, 5) is 12.3. The predicted molar refractivity (Wildman–Crippen MR) is 146 cm³/mol. The molecular weight excluding hydrogens is 486 g/mol. The van der Waals surface area contributed by atoms with Gasteiger partial charge in [0.2, 0.25) is 10.0 Å². The van der Waals surface area contributed by atoms with Crippen molar-refractivity contribution in [2.75, 3.05) is 38.6 Å². The molecule has 0 aliphatic carbocycles. The number of para-hydroxylation sites is 1. The number of hydrogen-bond acceptors (Lipinski definition) is 7. The molecule has 1 fully saturated rings. The molecule has 1 saturated heterocycles. The summed E-state index contributed by atoms with van der Waals surface area (Å²) in [5.74, 6) is 2.10. The summed E-state index contributed by atoms with van der Waals surface area (Å²) in [7, 11) is -2.00. The number of ether oxygens (including phenoxy) is 1. The van der Waals surface area contributed by atoms with Gasteiger partial charge in [0.05, 0.1) is 23.6 Å². The van der Waals surface area contributed by atoms with E-state index in [-0.39, 0.29) is 10.9 Å². The highest BCUT2D eigenvalue weighted by Gasteiger charge is 2.31. The van der Waals surface area contributed by atoms with Gasteiger partial charge in [0.1, 0.15) is 17.4 Å². The van der Waals surface area contributed by atoms with E-state index in [0.717, 1.165) is 22.4 Å². The van der Waals surface area contributed by atoms with Crippen molar-refractivity contribution < 1.29 is 13.2 Å². The van der Waals surface area contributed by atoms with Gasteiger partial charge in [0, 0.05) is 37.3 Å². The lowest BCUT2D eigenvalue weighted by Gasteiger charge is -2.36. The Hall–Kier alpha value is -3.53. The van der Waals surface area contributed by atoms with Crippen molar-refractivity contribution in [3.8, 4) is 5.75 Å². The van der Waals surface area contributed by atoms with Crippen LogP contribution in [0.2, 0.25) is 0 Å². The molecule has 4 aromatic rings. The van der Waals surface area contributed by atoms with Crippen LogP contribution in [0.15, 0.2) is 77.7 Å². The number of anilines is 2. The van der Waals surface area contributed by atoms with Crippen LogP contribution in [0, 0.1) is 6.92 Å². The molecule has 9 heteroatoms. The quantitative estimate of drug-likeness (QED) is 0.378. The highest BCUT2D eigenvalue weighted by Crippen LogP contribution is 2.29. The van der Waals surface area contributed by atoms with E-state index >= 15 is 0 Å². The second-order valence-electron chi connectivity index (χ2n) is 9.23. The molecule has 5 rings (SSSR count). The van der Waals surface area contributed by atoms with E-state index in [0.29, 0.717) is 37.8 Å². The third-order valence-corrected chi connectivity index (χ3v) is 8.71. The Labute approximate surface area is 218 Å². The first-order chi connectivity index (χ1) is 17.8. The van der Waals surface area contributed by atoms with Crippen molar-refractivity contribution in [1.82, 2.24) is 19.2 Å². The molecule has 1 N–H and O–H groups in total. The Balaban J connectivity index is 1.34. The van der Waals surface area contributed by atoms with E-state index in [1.165, 1.54) is 5.56 Å². The highest BCUT2D eigenvalue weighted by molar-refractivity contribution is 7.89. The SMILES string of the molecule is COc1ccc(S(=O)(=O)N2CCN(C(C)c3nc(Nc4cccc(C)c4)c4ccccc4n3)CC2)cc1. The lowest BCUT2D eigenvalue weighted by atomic mass is 10.1. The standard InChI is InChI=1S/C28H31N5O3S/c1-20-7-6-8-22(19-20)29-28-25-9-4-5-10-26(25)30-27(31-28)21(2)32-15-17-33(18-16-32)37(34,35)24-13-11-23(36-3)12-14-24/h4-14,19,21H,15-18H2,1-3H3,(H,29,30,31). The van der Waals surface area contributed by atoms with Crippen molar-refractivity contribution in [3.63, 3.8) is 0 Å². The normalized spacial score (nSPS) is 16.0. The van der Waals surface area contributed by atoms with E-state index in [1.54, 1.807) is 35.7 Å². The van der Waals surface area contributed by atoms with Crippen molar-refractivity contribution in [2.24, 2.45) is 0 Å². The van der Waals surface area contributed by atoms with Crippen LogP contribution in [-0.4, -0.2) is 60.9 Å². The number of sulfonamides is 1. The van der Waals surface area contributed by atoms with Gasteiger partial charge in [-0.2, -0.15) is 4.31 Å². The topological polar surface area (TPSA) is 87.7 Å². The van der Waals surface area contributed by atoms with Crippen LogP contribution in [0.1, 0.15) is 24.4 Å². The van der Waals surface area contributed by atoms with Crippen LogP contribution in [0.4, 0.5) is 11.5 Å². The maximum Gasteiger partial charge on any atom is 0.243 e. The second kappa shape index (κ2) is 10.5. The Morgan fingerprint density at radius 1 is 0.919 bits per heavy atom. The molecule has 1 aliphatic heterocycles. The van der Waals surface area contributed by atoms with E-state index in [2.05, 4.69) is 36.2 Å². The molecule has 2 heterocycles. The maximum atomic E-state index is 13.2. The molecule has 1 unspecified atom stereocenters. The molecule has 3 aromatic carbocycles. The van der Waals surface area contributed by atoms with Gasteiger partial charge < -0.3 is 10.1 Å². The number of aromatic nitrogens is 2. The lowest BCUT2D eigenvalue weighted by molar-refractivity contribution is 0.141. The number of hydrogen-bond donors (Lipinski definition) is 1. The van der Waals surface area contributed by atoms with Gasteiger partial charge in [-0.25, -0.2) is 18.4 Å². The lowest BCUT2D eigenvalue weighted by Crippen LogP contribution is -2.49. The molecule has 8 nitrogen and oxygen atoms in total. The first-order valence-corrected chi connectivity index (χ1v) is 13.8. The minimum atomic E-state index is -3.56. The molecule has 1 aliphatic rings. The van der Waals surface area contributed by atoms with Crippen molar-refractivity contribution in [1.29, 1.82) is 0 Å². The number of nitrogens with zero attached hydrogens (tertiary/aromatic N) is 4. The van der Waals surface area contributed by atoms with Gasteiger partial charge >= 0.3 is 0 Å². The zero-order valence-electron chi connectivity index (χ0n) is 21.3. The fourth-order valence-electron chi connectivity index (χ4n) is 4.63. The van der Waals surface area contributed by atoms with Crippen LogP contribution < -0.4 is 10.1 Å². The molecule has 37 heavy (non-hydrogen) atoms. The fraction of sp³-hybridized carbons (Fsp3) is 0.286. The summed E-state index contributed by atoms with van der Waals surface area (Å²) >= 11 is 0. The summed E-state index contributed by atoms with van der Waals surface area (Å²) in [5, 5.41) is 4.43. The van der Waals surface area contributed by atoms with Crippen LogP contribution >= 0.6 is 0 Å². The van der Waals surface area contributed by atoms with Crippen molar-refractivity contribution in [3.05, 3.63) is 84.2 Å². The number of fused-ring (bicyclic) bond motifs is 1. The minimum Gasteiger partial charge on any atom is -0.497 e. The van der Waals surface area contributed by atoms with E-state index in [9.17, 15) is 8.42 Å². The predicted octanol–water partition coefficient (Wildman–Crippen LogP) is 4.76. The van der Waals surface area contributed by atoms with Crippen LogP contribution in [0.3, 0.4) is 0 Å². The molecule has 1 atom stereocenters. The second-order valence-corrected chi connectivity index (χ2v) is 11.2. The number of benzene rings is 3. The van der Waals surface area contributed by atoms with E-state index in [1.807, 2.05) is 36.4 Å². The molecule has 0 saturated carbocycles. The van der Waals surface area contributed by atoms with Crippen LogP contribution in [0.5, 0.6) is 5.75 Å². The number of methoxy groups -OCH3 is 1. The molecule has 1 aromatic heterocycles. The Bertz CT molecular complexity index is 1500. The molecule has 0 spiro atoms. The molecule has 0 radical (unpaired) electrons. The van der Waals surface area contributed by atoms with Gasteiger partial charge in [0.25, 0.3) is 0 Å². The molecular formula is C28H31N5O3S. The average Bonchev–Trinajstić information content (AvgIpc) is 2.92. The molecule has 0 amide bonds. The number of aryl methyl sites for hydroxylation is 1. The third kappa shape index (κ3) is 5.29. The fourth-order valence-corrected chi connectivity index (χ4v) is 6.05. The summed E-state index contributed by atoms with van der Waals surface area (Å²) < 4.78 is 33.0. The molecule has 0 bridgehead atoms. The summed E-state index contributed by atoms with van der Waals surface area (Å²) in [5.41, 5.74) is 3.01. The first kappa shape index (κ1) is 25.1. The number of rotatable bonds is 7. The van der Waals surface area contributed by atoms with E-state index < -0.39 is 10.0 Å². The van der Waals surface area contributed by atoms with Gasteiger partial charge in [-0.15, -0.1) is 0 Å². The smallest absolute Gasteiger partial charge is 0.243 e. The van der Waals surface area contributed by atoms with Crippen molar-refractivity contribution in [2.45, 2.75) is 24.8 Å². The average molecular weight is 518 g/mol. The van der Waals surface area contributed by atoms with Crippen LogP contribution in [0.25, 0.3) is 10.9 Å². The van der Waals surface area contributed by atoms with Crippen LogP contribution in [-0.2, 0) is 10.0 Å². The monoisotopic (exact) mass is 517 g/mol. The minimum absolute atomic E-state index is 0.0755. The first-order valence-electron chi connectivity index (χ1n) is 12.3. The van der Waals surface area contributed by atoms with Gasteiger partial charge in [-0.3, -0.25) is 4.90 Å². The van der Waals surface area contributed by atoms with Gasteiger partial charge in [-0.05, 0) is 67.9 Å². The Kier molecular flexibility index (Phi) is 7.10. The van der Waals surface area contributed by atoms with E-state index in [4.69, 9.17) is 14.7 Å². The summed E-state index contributed by atoms with van der Waals surface area (Å²) in [6, 6.07) is 22.6. The van der Waals surface area contributed by atoms with Gasteiger partial charge in [0.15, 0.2) is 0 Å². The number of piperazine rings is 1. The van der Waals surface area contributed by atoms with Gasteiger partial charge in [-0.1, -0.05) is 24.3 Å². The maximum absolute atomic E-state index is 13.2. The largest absolute Gasteiger partial charge is 0.497 e.